The molecule has 2 aliphatic rings. The number of carbonyl (C=O) groups excluding carboxylic acids is 1. The van der Waals surface area contributed by atoms with Crippen LogP contribution in [0.25, 0.3) is 11.0 Å². The summed E-state index contributed by atoms with van der Waals surface area (Å²) < 4.78 is 0. The zero-order valence-corrected chi connectivity index (χ0v) is 13.6. The first kappa shape index (κ1) is 14.2. The van der Waals surface area contributed by atoms with Crippen LogP contribution in [0.5, 0.6) is 0 Å². The lowest BCUT2D eigenvalue weighted by molar-refractivity contribution is -0.122. The number of fused-ring (bicyclic) bond motifs is 2. The molecule has 1 aromatic heterocycles. The first-order chi connectivity index (χ1) is 10.5. The molecule has 2 N–H and O–H groups in total. The first-order valence-electron chi connectivity index (χ1n) is 7.85. The van der Waals surface area contributed by atoms with Crippen molar-refractivity contribution in [3.05, 3.63) is 29.0 Å². The lowest BCUT2D eigenvalue weighted by Crippen LogP contribution is -2.27. The minimum atomic E-state index is -0.285. The van der Waals surface area contributed by atoms with Crippen molar-refractivity contribution in [2.24, 2.45) is 17.8 Å². The highest BCUT2D eigenvalue weighted by molar-refractivity contribution is 6.31. The Kier molecular flexibility index (Phi) is 3.10. The minimum absolute atomic E-state index is 0.277. The third kappa shape index (κ3) is 2.25. The fraction of sp³-hybridized carbons (Fsp3) is 0.529. The largest absolute Gasteiger partial charge is 0.341 e. The highest BCUT2D eigenvalue weighted by Gasteiger charge is 2.56. The fourth-order valence-electron chi connectivity index (χ4n) is 3.84. The topological polar surface area (TPSA) is 57.8 Å². The fourth-order valence-corrected chi connectivity index (χ4v) is 4.01. The number of hydrogen-bond donors (Lipinski definition) is 2. The molecule has 0 amide bonds. The molecule has 0 radical (unpaired) electrons. The molecule has 1 saturated heterocycles. The van der Waals surface area contributed by atoms with E-state index in [-0.39, 0.29) is 11.3 Å². The molecule has 0 spiro atoms. The minimum Gasteiger partial charge on any atom is -0.341 e. The van der Waals surface area contributed by atoms with Gasteiger partial charge in [-0.2, -0.15) is 0 Å². The number of imidazole rings is 1. The molecule has 3 atom stereocenters. The van der Waals surface area contributed by atoms with E-state index in [0.29, 0.717) is 29.1 Å². The van der Waals surface area contributed by atoms with Crippen LogP contribution in [-0.2, 0) is 10.2 Å². The van der Waals surface area contributed by atoms with E-state index in [9.17, 15) is 4.79 Å². The van der Waals surface area contributed by atoms with Crippen molar-refractivity contribution in [3.63, 3.8) is 0 Å². The molecular weight excluding hydrogens is 298 g/mol. The van der Waals surface area contributed by atoms with Crippen molar-refractivity contribution in [2.45, 2.75) is 25.7 Å². The van der Waals surface area contributed by atoms with Gasteiger partial charge in [0.15, 0.2) is 0 Å². The molecule has 2 heterocycles. The number of ketones is 1. The van der Waals surface area contributed by atoms with E-state index >= 15 is 0 Å². The van der Waals surface area contributed by atoms with E-state index in [0.717, 1.165) is 29.9 Å². The lowest BCUT2D eigenvalue weighted by Gasteiger charge is -2.21. The molecule has 4 rings (SSSR count). The normalized spacial score (nSPS) is 27.1. The van der Waals surface area contributed by atoms with Crippen LogP contribution in [-0.4, -0.2) is 28.8 Å². The van der Waals surface area contributed by atoms with Crippen LogP contribution in [0, 0.1) is 17.8 Å². The smallest absolute Gasteiger partial charge is 0.137 e. The molecule has 4 nitrogen and oxygen atoms in total. The summed E-state index contributed by atoms with van der Waals surface area (Å²) in [5.41, 5.74) is 1.54. The van der Waals surface area contributed by atoms with Crippen molar-refractivity contribution in [3.8, 4) is 0 Å². The van der Waals surface area contributed by atoms with Crippen molar-refractivity contribution < 1.29 is 4.79 Å². The second kappa shape index (κ2) is 4.80. The Morgan fingerprint density at radius 3 is 2.82 bits per heavy atom. The highest BCUT2D eigenvalue weighted by Crippen LogP contribution is 2.50. The monoisotopic (exact) mass is 317 g/mol. The summed E-state index contributed by atoms with van der Waals surface area (Å²) in [6.07, 6.45) is 0.540. The van der Waals surface area contributed by atoms with Crippen molar-refractivity contribution in [2.75, 3.05) is 13.1 Å². The van der Waals surface area contributed by atoms with Gasteiger partial charge in [0, 0.05) is 22.8 Å². The van der Waals surface area contributed by atoms with Gasteiger partial charge in [-0.1, -0.05) is 25.4 Å². The van der Waals surface area contributed by atoms with Gasteiger partial charge in [0.25, 0.3) is 0 Å². The molecular formula is C17H20ClN3O. The van der Waals surface area contributed by atoms with Crippen LogP contribution in [0.2, 0.25) is 5.02 Å². The van der Waals surface area contributed by atoms with Crippen LogP contribution < -0.4 is 5.32 Å². The van der Waals surface area contributed by atoms with Crippen molar-refractivity contribution >= 4 is 28.4 Å². The standard InChI is InChI=1S/C17H20ClN3O/c1-17(2,6-14(22)15-10-7-19-8-11(10)15)16-20-12-4-3-9(18)5-13(12)21-16/h3-5,10-11,15,19H,6-8H2,1-2H3,(H,20,21)/t10-,11+,15?. The van der Waals surface area contributed by atoms with Gasteiger partial charge in [-0.15, -0.1) is 0 Å². The Bertz CT molecular complexity index is 741. The summed E-state index contributed by atoms with van der Waals surface area (Å²) >= 11 is 6.02. The second-order valence-electron chi connectivity index (χ2n) is 7.29. The summed E-state index contributed by atoms with van der Waals surface area (Å²) in [6.45, 7) is 6.18. The number of rotatable bonds is 4. The van der Waals surface area contributed by atoms with Gasteiger partial charge < -0.3 is 10.3 Å². The number of H-pyrrole nitrogens is 1. The third-order valence-corrected chi connectivity index (χ3v) is 5.40. The Morgan fingerprint density at radius 2 is 2.09 bits per heavy atom. The number of hydrogen-bond acceptors (Lipinski definition) is 3. The SMILES string of the molecule is CC(C)(CC(=O)C1[C@H]2CNC[C@@H]12)c1nc2ccc(Cl)cc2[nH]1. The average Bonchev–Trinajstić information content (AvgIpc) is 2.83. The molecule has 0 bridgehead atoms. The summed E-state index contributed by atoms with van der Waals surface area (Å²) in [4.78, 5) is 20.6. The maximum atomic E-state index is 12.6. The molecule has 2 fully saturated rings. The van der Waals surface area contributed by atoms with E-state index in [1.165, 1.54) is 0 Å². The summed E-state index contributed by atoms with van der Waals surface area (Å²) in [5, 5.41) is 4.03. The number of halogens is 1. The van der Waals surface area contributed by atoms with E-state index in [1.807, 2.05) is 18.2 Å². The molecule has 1 unspecified atom stereocenters. The maximum absolute atomic E-state index is 12.6. The average molecular weight is 318 g/mol. The molecule has 1 aromatic carbocycles. The Labute approximate surface area is 134 Å². The van der Waals surface area contributed by atoms with Gasteiger partial charge in [-0.3, -0.25) is 4.79 Å². The number of nitrogens with one attached hydrogen (secondary N) is 2. The van der Waals surface area contributed by atoms with Gasteiger partial charge in [-0.05, 0) is 43.1 Å². The summed E-state index contributed by atoms with van der Waals surface area (Å²) in [6, 6.07) is 5.62. The summed E-state index contributed by atoms with van der Waals surface area (Å²) in [7, 11) is 0. The van der Waals surface area contributed by atoms with Crippen LogP contribution >= 0.6 is 11.6 Å². The molecule has 1 aliphatic heterocycles. The van der Waals surface area contributed by atoms with Crippen molar-refractivity contribution in [1.82, 2.24) is 15.3 Å². The van der Waals surface area contributed by atoms with Crippen LogP contribution in [0.1, 0.15) is 26.1 Å². The molecule has 1 aliphatic carbocycles. The number of aromatic nitrogens is 2. The Hall–Kier alpha value is -1.39. The van der Waals surface area contributed by atoms with Crippen LogP contribution in [0.4, 0.5) is 0 Å². The van der Waals surface area contributed by atoms with Crippen LogP contribution in [0.15, 0.2) is 18.2 Å². The maximum Gasteiger partial charge on any atom is 0.137 e. The van der Waals surface area contributed by atoms with Gasteiger partial charge in [0.05, 0.1) is 11.0 Å². The molecule has 2 aromatic rings. The van der Waals surface area contributed by atoms with Gasteiger partial charge >= 0.3 is 0 Å². The molecule has 1 saturated carbocycles. The predicted octanol–water partition coefficient (Wildman–Crippen LogP) is 2.92. The van der Waals surface area contributed by atoms with Gasteiger partial charge in [0.1, 0.15) is 11.6 Å². The zero-order chi connectivity index (χ0) is 15.5. The van der Waals surface area contributed by atoms with E-state index < -0.39 is 0 Å². The zero-order valence-electron chi connectivity index (χ0n) is 12.8. The quantitative estimate of drug-likeness (QED) is 0.911. The van der Waals surface area contributed by atoms with Crippen LogP contribution in [0.3, 0.4) is 0 Å². The van der Waals surface area contributed by atoms with E-state index in [1.54, 1.807) is 0 Å². The van der Waals surface area contributed by atoms with Gasteiger partial charge in [0.2, 0.25) is 0 Å². The number of benzene rings is 1. The third-order valence-electron chi connectivity index (χ3n) is 5.16. The Balaban J connectivity index is 1.55. The molecule has 22 heavy (non-hydrogen) atoms. The number of aromatic amines is 1. The predicted molar refractivity (Wildman–Crippen MR) is 87.1 cm³/mol. The van der Waals surface area contributed by atoms with Gasteiger partial charge in [-0.25, -0.2) is 4.98 Å². The molecule has 5 heteroatoms. The van der Waals surface area contributed by atoms with E-state index in [2.05, 4.69) is 29.1 Å². The van der Waals surface area contributed by atoms with E-state index in [4.69, 9.17) is 11.6 Å². The lowest BCUT2D eigenvalue weighted by atomic mass is 9.85. The Morgan fingerprint density at radius 1 is 1.36 bits per heavy atom. The second-order valence-corrected chi connectivity index (χ2v) is 7.72. The highest BCUT2D eigenvalue weighted by atomic mass is 35.5. The number of Topliss-reactive ketones (excluding diaryl/α,β-unsaturated/α-hetero) is 1. The summed E-state index contributed by atoms with van der Waals surface area (Å²) in [5.74, 6) is 2.69. The number of nitrogens with zero attached hydrogens (tertiary/aromatic N) is 1. The number of piperidine rings is 1. The first-order valence-corrected chi connectivity index (χ1v) is 8.23. The number of carbonyl (C=O) groups is 1. The van der Waals surface area contributed by atoms with Crippen molar-refractivity contribution in [1.29, 1.82) is 0 Å². The molecule has 116 valence electrons.